The summed E-state index contributed by atoms with van der Waals surface area (Å²) in [6.07, 6.45) is 3.49. The summed E-state index contributed by atoms with van der Waals surface area (Å²) in [7, 11) is 2.13. The van der Waals surface area contributed by atoms with Gasteiger partial charge in [-0.3, -0.25) is 9.80 Å². The Bertz CT molecular complexity index is 509. The first-order valence-electron chi connectivity index (χ1n) is 9.59. The fraction of sp³-hybridized carbons (Fsp3) is 0.700. The molecule has 0 spiro atoms. The summed E-state index contributed by atoms with van der Waals surface area (Å²) in [4.78, 5) is 7.37. The lowest BCUT2D eigenvalue weighted by molar-refractivity contribution is 0.104. The summed E-state index contributed by atoms with van der Waals surface area (Å²) in [5.74, 6) is 0.550. The number of nitrogens with zero attached hydrogens (tertiary/aromatic N) is 3. The zero-order valence-corrected chi connectivity index (χ0v) is 15.3. The number of likely N-dealkylation sites (N-methyl/N-ethyl adjacent to an activating group) is 1. The lowest BCUT2D eigenvalue weighted by Gasteiger charge is -2.37. The highest BCUT2D eigenvalue weighted by atomic mass is 16.3. The first kappa shape index (κ1) is 17.7. The number of benzene rings is 1. The molecule has 4 heteroatoms. The van der Waals surface area contributed by atoms with E-state index in [2.05, 4.69) is 52.9 Å². The second-order valence-corrected chi connectivity index (χ2v) is 7.56. The normalized spacial score (nSPS) is 20.6. The monoisotopic (exact) mass is 331 g/mol. The van der Waals surface area contributed by atoms with Gasteiger partial charge in [-0.05, 0) is 50.4 Å². The maximum absolute atomic E-state index is 10.2. The molecular formula is C20H33N3O. The summed E-state index contributed by atoms with van der Waals surface area (Å²) in [6.45, 7) is 9.73. The van der Waals surface area contributed by atoms with Crippen molar-refractivity contribution >= 4 is 5.69 Å². The van der Waals surface area contributed by atoms with Gasteiger partial charge < -0.3 is 10.0 Å². The van der Waals surface area contributed by atoms with E-state index in [1.165, 1.54) is 50.1 Å². The molecule has 2 aliphatic rings. The molecule has 2 fully saturated rings. The number of piperazine rings is 1. The molecule has 0 aromatic heterocycles. The van der Waals surface area contributed by atoms with Crippen LogP contribution in [-0.2, 0) is 6.54 Å². The van der Waals surface area contributed by atoms with Crippen molar-refractivity contribution in [3.8, 4) is 0 Å². The van der Waals surface area contributed by atoms with Crippen LogP contribution in [0.1, 0.15) is 31.7 Å². The minimum absolute atomic E-state index is 0.153. The van der Waals surface area contributed by atoms with Crippen LogP contribution in [0.2, 0.25) is 0 Å². The smallest absolute Gasteiger partial charge is 0.0695 e. The van der Waals surface area contributed by atoms with Crippen LogP contribution in [-0.4, -0.2) is 67.3 Å². The average Bonchev–Trinajstić information content (AvgIpc) is 3.41. The van der Waals surface area contributed by atoms with Crippen molar-refractivity contribution < 1.29 is 5.11 Å². The summed E-state index contributed by atoms with van der Waals surface area (Å²) >= 11 is 0. The molecule has 1 atom stereocenters. The number of hydrogen-bond donors (Lipinski definition) is 1. The molecule has 134 valence electrons. The van der Waals surface area contributed by atoms with Gasteiger partial charge in [0.05, 0.1) is 6.10 Å². The standard InChI is InChI=1S/C20H33N3O/c1-3-10-22-11-13-23(14-12-22)19-7-5-4-6-18(19)15-21(2)16-20(24)17-8-9-17/h4-7,17,20,24H,3,8-16H2,1-2H3. The third-order valence-electron chi connectivity index (χ3n) is 5.35. The summed E-state index contributed by atoms with van der Waals surface area (Å²) in [6, 6.07) is 8.79. The van der Waals surface area contributed by atoms with Crippen molar-refractivity contribution in [2.24, 2.45) is 5.92 Å². The molecular weight excluding hydrogens is 298 g/mol. The molecule has 24 heavy (non-hydrogen) atoms. The minimum atomic E-state index is -0.153. The van der Waals surface area contributed by atoms with E-state index in [1.54, 1.807) is 0 Å². The fourth-order valence-corrected chi connectivity index (χ4v) is 3.79. The number of para-hydroxylation sites is 1. The van der Waals surface area contributed by atoms with Crippen LogP contribution < -0.4 is 4.90 Å². The van der Waals surface area contributed by atoms with Gasteiger partial charge in [-0.1, -0.05) is 25.1 Å². The molecule has 0 radical (unpaired) electrons. The van der Waals surface area contributed by atoms with E-state index in [0.717, 1.165) is 26.2 Å². The van der Waals surface area contributed by atoms with E-state index < -0.39 is 0 Å². The Morgan fingerprint density at radius 2 is 1.88 bits per heavy atom. The number of anilines is 1. The molecule has 3 rings (SSSR count). The predicted molar refractivity (Wildman–Crippen MR) is 100 cm³/mol. The molecule has 1 aromatic rings. The average molecular weight is 332 g/mol. The Morgan fingerprint density at radius 3 is 2.54 bits per heavy atom. The lowest BCUT2D eigenvalue weighted by atomic mass is 10.1. The molecule has 4 nitrogen and oxygen atoms in total. The Balaban J connectivity index is 1.58. The van der Waals surface area contributed by atoms with Crippen LogP contribution in [0.5, 0.6) is 0 Å². The first-order chi connectivity index (χ1) is 11.7. The zero-order valence-electron chi connectivity index (χ0n) is 15.3. The molecule has 1 aliphatic heterocycles. The largest absolute Gasteiger partial charge is 0.392 e. The molecule has 1 aromatic carbocycles. The van der Waals surface area contributed by atoms with Crippen LogP contribution in [0.25, 0.3) is 0 Å². The lowest BCUT2D eigenvalue weighted by Crippen LogP contribution is -2.47. The molecule has 0 bridgehead atoms. The maximum Gasteiger partial charge on any atom is 0.0695 e. The van der Waals surface area contributed by atoms with Gasteiger partial charge in [0.15, 0.2) is 0 Å². The van der Waals surface area contributed by atoms with Gasteiger partial charge in [-0.15, -0.1) is 0 Å². The maximum atomic E-state index is 10.2. The molecule has 1 saturated heterocycles. The Hall–Kier alpha value is -1.10. The van der Waals surface area contributed by atoms with Gasteiger partial charge in [0.25, 0.3) is 0 Å². The van der Waals surface area contributed by atoms with Crippen molar-refractivity contribution in [1.82, 2.24) is 9.80 Å². The molecule has 0 amide bonds. The molecule has 1 aliphatic carbocycles. The summed E-state index contributed by atoms with van der Waals surface area (Å²) in [5.41, 5.74) is 2.76. The summed E-state index contributed by atoms with van der Waals surface area (Å²) < 4.78 is 0. The Kier molecular flexibility index (Phi) is 6.14. The van der Waals surface area contributed by atoms with E-state index in [-0.39, 0.29) is 6.10 Å². The van der Waals surface area contributed by atoms with Crippen LogP contribution in [0.3, 0.4) is 0 Å². The Labute approximate surface area is 147 Å². The van der Waals surface area contributed by atoms with Crippen LogP contribution in [0.4, 0.5) is 5.69 Å². The fourth-order valence-electron chi connectivity index (χ4n) is 3.79. The highest BCUT2D eigenvalue weighted by Gasteiger charge is 2.30. The molecule has 1 unspecified atom stereocenters. The SMILES string of the molecule is CCCN1CCN(c2ccccc2CN(C)CC(O)C2CC2)CC1. The second-order valence-electron chi connectivity index (χ2n) is 7.56. The molecule has 1 N–H and O–H groups in total. The third-order valence-corrected chi connectivity index (χ3v) is 5.35. The second kappa shape index (κ2) is 8.32. The predicted octanol–water partition coefficient (Wildman–Crippen LogP) is 2.42. The highest BCUT2D eigenvalue weighted by molar-refractivity contribution is 5.54. The quantitative estimate of drug-likeness (QED) is 0.792. The minimum Gasteiger partial charge on any atom is -0.392 e. The van der Waals surface area contributed by atoms with Crippen molar-refractivity contribution in [3.63, 3.8) is 0 Å². The van der Waals surface area contributed by atoms with Gasteiger partial charge >= 0.3 is 0 Å². The van der Waals surface area contributed by atoms with Gasteiger partial charge in [0, 0.05) is 45.0 Å². The van der Waals surface area contributed by atoms with E-state index in [1.807, 2.05) is 0 Å². The van der Waals surface area contributed by atoms with E-state index in [4.69, 9.17) is 0 Å². The highest BCUT2D eigenvalue weighted by Crippen LogP contribution is 2.33. The number of rotatable bonds is 8. The van der Waals surface area contributed by atoms with Gasteiger partial charge in [0.2, 0.25) is 0 Å². The molecule has 1 saturated carbocycles. The van der Waals surface area contributed by atoms with E-state index in [0.29, 0.717) is 5.92 Å². The van der Waals surface area contributed by atoms with Crippen LogP contribution >= 0.6 is 0 Å². The van der Waals surface area contributed by atoms with Crippen LogP contribution in [0, 0.1) is 5.92 Å². The van der Waals surface area contributed by atoms with E-state index in [9.17, 15) is 5.11 Å². The zero-order chi connectivity index (χ0) is 16.9. The third kappa shape index (κ3) is 4.71. The van der Waals surface area contributed by atoms with Gasteiger partial charge in [-0.25, -0.2) is 0 Å². The summed E-state index contributed by atoms with van der Waals surface area (Å²) in [5, 5.41) is 10.2. The first-order valence-corrected chi connectivity index (χ1v) is 9.59. The van der Waals surface area contributed by atoms with Gasteiger partial charge in [0.1, 0.15) is 0 Å². The number of hydrogen-bond acceptors (Lipinski definition) is 4. The molecule has 1 heterocycles. The number of aliphatic hydroxyl groups is 1. The van der Waals surface area contributed by atoms with Gasteiger partial charge in [-0.2, -0.15) is 0 Å². The van der Waals surface area contributed by atoms with E-state index >= 15 is 0 Å². The van der Waals surface area contributed by atoms with Crippen molar-refractivity contribution in [1.29, 1.82) is 0 Å². The Morgan fingerprint density at radius 1 is 1.17 bits per heavy atom. The topological polar surface area (TPSA) is 30.0 Å². The van der Waals surface area contributed by atoms with Crippen molar-refractivity contribution in [2.45, 2.75) is 38.8 Å². The number of aliphatic hydroxyl groups excluding tert-OH is 1. The van der Waals surface area contributed by atoms with Crippen molar-refractivity contribution in [2.75, 3.05) is 51.2 Å². The van der Waals surface area contributed by atoms with Crippen LogP contribution in [0.15, 0.2) is 24.3 Å². The van der Waals surface area contributed by atoms with Crippen molar-refractivity contribution in [3.05, 3.63) is 29.8 Å².